The molecule has 3 heteroatoms. The van der Waals surface area contributed by atoms with Crippen LogP contribution in [0.4, 0.5) is 8.78 Å². The number of benzene rings is 1. The molecule has 1 nitrogen and oxygen atoms in total. The summed E-state index contributed by atoms with van der Waals surface area (Å²) in [5.74, 6) is -2.02. The molecule has 0 radical (unpaired) electrons. The van der Waals surface area contributed by atoms with Crippen molar-refractivity contribution in [2.45, 2.75) is 12.8 Å². The number of aliphatic hydroxyl groups is 1. The molecule has 1 aromatic rings. The number of halogens is 2. The van der Waals surface area contributed by atoms with Crippen molar-refractivity contribution in [3.63, 3.8) is 0 Å². The van der Waals surface area contributed by atoms with Crippen LogP contribution in [-0.2, 0) is 6.42 Å². The first kappa shape index (κ1) is 8.23. The standard InChI is InChI=1S/C10H8F2O/c11-7-5-4-6-2-1-3-8(13)9(6)10(7)12/h3-5,13H,1-2H2. The van der Waals surface area contributed by atoms with E-state index in [0.29, 0.717) is 18.4 Å². The molecule has 0 fully saturated rings. The van der Waals surface area contributed by atoms with E-state index >= 15 is 0 Å². The molecular formula is C10H8F2O. The van der Waals surface area contributed by atoms with Crippen molar-refractivity contribution in [1.29, 1.82) is 0 Å². The minimum absolute atomic E-state index is 0.0197. The average Bonchev–Trinajstić information content (AvgIpc) is 2.12. The van der Waals surface area contributed by atoms with Crippen LogP contribution in [0, 0.1) is 11.6 Å². The third kappa shape index (κ3) is 1.20. The average molecular weight is 182 g/mol. The zero-order valence-corrected chi connectivity index (χ0v) is 6.85. The molecule has 0 spiro atoms. The van der Waals surface area contributed by atoms with Crippen molar-refractivity contribution in [1.82, 2.24) is 0 Å². The highest BCUT2D eigenvalue weighted by molar-refractivity contribution is 5.64. The molecule has 0 atom stereocenters. The molecule has 1 aliphatic carbocycles. The molecule has 0 unspecified atom stereocenters. The van der Waals surface area contributed by atoms with Crippen LogP contribution in [0.25, 0.3) is 5.76 Å². The maximum atomic E-state index is 13.2. The Hall–Kier alpha value is -1.38. The lowest BCUT2D eigenvalue weighted by Crippen LogP contribution is -2.04. The minimum atomic E-state index is -0.953. The lowest BCUT2D eigenvalue weighted by molar-refractivity contribution is 0.471. The van der Waals surface area contributed by atoms with E-state index in [0.717, 1.165) is 6.07 Å². The summed E-state index contributed by atoms with van der Waals surface area (Å²) in [6, 6.07) is 2.60. The molecule has 0 aliphatic heterocycles. The van der Waals surface area contributed by atoms with Crippen molar-refractivity contribution >= 4 is 5.76 Å². The van der Waals surface area contributed by atoms with Crippen LogP contribution < -0.4 is 0 Å². The molecule has 1 aromatic carbocycles. The topological polar surface area (TPSA) is 20.2 Å². The first-order chi connectivity index (χ1) is 6.20. The van der Waals surface area contributed by atoms with Gasteiger partial charge in [0.05, 0.1) is 5.56 Å². The van der Waals surface area contributed by atoms with Crippen molar-refractivity contribution in [3.05, 3.63) is 41.0 Å². The van der Waals surface area contributed by atoms with E-state index in [1.54, 1.807) is 0 Å². The fourth-order valence-electron chi connectivity index (χ4n) is 1.54. The smallest absolute Gasteiger partial charge is 0.170 e. The van der Waals surface area contributed by atoms with E-state index in [-0.39, 0.29) is 11.3 Å². The van der Waals surface area contributed by atoms with Gasteiger partial charge in [-0.15, -0.1) is 0 Å². The summed E-state index contributed by atoms with van der Waals surface area (Å²) in [5.41, 5.74) is 0.685. The Morgan fingerprint density at radius 1 is 1.23 bits per heavy atom. The predicted octanol–water partition coefficient (Wildman–Crippen LogP) is 2.81. The van der Waals surface area contributed by atoms with Crippen LogP contribution in [0.2, 0.25) is 0 Å². The first-order valence-corrected chi connectivity index (χ1v) is 4.06. The zero-order chi connectivity index (χ0) is 9.42. The van der Waals surface area contributed by atoms with E-state index in [4.69, 9.17) is 0 Å². The third-order valence-electron chi connectivity index (χ3n) is 2.19. The van der Waals surface area contributed by atoms with Gasteiger partial charge >= 0.3 is 0 Å². The fourth-order valence-corrected chi connectivity index (χ4v) is 1.54. The Morgan fingerprint density at radius 3 is 2.77 bits per heavy atom. The van der Waals surface area contributed by atoms with Crippen LogP contribution in [0.15, 0.2) is 18.2 Å². The lowest BCUT2D eigenvalue weighted by Gasteiger charge is -2.14. The van der Waals surface area contributed by atoms with Crippen LogP contribution >= 0.6 is 0 Å². The molecule has 0 aromatic heterocycles. The summed E-state index contributed by atoms with van der Waals surface area (Å²) in [6.45, 7) is 0. The number of aliphatic hydroxyl groups excluding tert-OH is 1. The van der Waals surface area contributed by atoms with Crippen LogP contribution in [0.5, 0.6) is 0 Å². The van der Waals surface area contributed by atoms with Gasteiger partial charge in [0.25, 0.3) is 0 Å². The van der Waals surface area contributed by atoms with Gasteiger partial charge in [0, 0.05) is 0 Å². The van der Waals surface area contributed by atoms with Gasteiger partial charge in [-0.1, -0.05) is 6.07 Å². The first-order valence-electron chi connectivity index (χ1n) is 4.06. The normalized spacial score (nSPS) is 15.1. The number of allylic oxidation sites excluding steroid dienone is 1. The number of rotatable bonds is 0. The highest BCUT2D eigenvalue weighted by atomic mass is 19.2. The zero-order valence-electron chi connectivity index (χ0n) is 6.85. The van der Waals surface area contributed by atoms with E-state index < -0.39 is 11.6 Å². The van der Waals surface area contributed by atoms with E-state index in [2.05, 4.69) is 0 Å². The molecule has 13 heavy (non-hydrogen) atoms. The Bertz CT molecular complexity index is 383. The van der Waals surface area contributed by atoms with E-state index in [1.807, 2.05) is 0 Å². The van der Waals surface area contributed by atoms with Crippen LogP contribution in [-0.4, -0.2) is 5.11 Å². The van der Waals surface area contributed by atoms with E-state index in [1.165, 1.54) is 12.1 Å². The predicted molar refractivity (Wildman–Crippen MR) is 45.3 cm³/mol. The second-order valence-corrected chi connectivity index (χ2v) is 3.02. The Balaban J connectivity index is 2.68. The van der Waals surface area contributed by atoms with Gasteiger partial charge in [0.1, 0.15) is 5.76 Å². The number of hydrogen-bond donors (Lipinski definition) is 1. The minimum Gasteiger partial charge on any atom is -0.508 e. The molecule has 2 rings (SSSR count). The summed E-state index contributed by atoms with van der Waals surface area (Å²) < 4.78 is 25.9. The van der Waals surface area contributed by atoms with Crippen molar-refractivity contribution in [2.75, 3.05) is 0 Å². The largest absolute Gasteiger partial charge is 0.508 e. The maximum Gasteiger partial charge on any atom is 0.170 e. The van der Waals surface area contributed by atoms with Gasteiger partial charge in [-0.2, -0.15) is 0 Å². The van der Waals surface area contributed by atoms with Crippen LogP contribution in [0.1, 0.15) is 17.5 Å². The Morgan fingerprint density at radius 2 is 2.00 bits per heavy atom. The SMILES string of the molecule is OC1=CCCc2ccc(F)c(F)c21. The molecule has 0 amide bonds. The fraction of sp³-hybridized carbons (Fsp3) is 0.200. The van der Waals surface area contributed by atoms with Crippen molar-refractivity contribution in [2.24, 2.45) is 0 Å². The lowest BCUT2D eigenvalue weighted by atomic mass is 9.95. The van der Waals surface area contributed by atoms with Crippen molar-refractivity contribution in [3.8, 4) is 0 Å². The number of aryl methyl sites for hydroxylation is 1. The van der Waals surface area contributed by atoms with Gasteiger partial charge in [0.2, 0.25) is 0 Å². The number of fused-ring (bicyclic) bond motifs is 1. The quantitative estimate of drug-likeness (QED) is 0.654. The van der Waals surface area contributed by atoms with Gasteiger partial charge in [-0.3, -0.25) is 0 Å². The number of hydrogen-bond acceptors (Lipinski definition) is 1. The summed E-state index contributed by atoms with van der Waals surface area (Å²) >= 11 is 0. The summed E-state index contributed by atoms with van der Waals surface area (Å²) in [5, 5.41) is 9.32. The summed E-state index contributed by atoms with van der Waals surface area (Å²) in [7, 11) is 0. The Labute approximate surface area is 74.3 Å². The molecule has 0 heterocycles. The second kappa shape index (κ2) is 2.83. The van der Waals surface area contributed by atoms with Gasteiger partial charge in [-0.25, -0.2) is 8.78 Å². The molecule has 0 saturated carbocycles. The molecular weight excluding hydrogens is 174 g/mol. The third-order valence-corrected chi connectivity index (χ3v) is 2.19. The van der Waals surface area contributed by atoms with Crippen LogP contribution in [0.3, 0.4) is 0 Å². The van der Waals surface area contributed by atoms with Gasteiger partial charge < -0.3 is 5.11 Å². The second-order valence-electron chi connectivity index (χ2n) is 3.02. The summed E-state index contributed by atoms with van der Waals surface area (Å²) in [4.78, 5) is 0. The molecule has 0 bridgehead atoms. The summed E-state index contributed by atoms with van der Waals surface area (Å²) in [6.07, 6.45) is 2.82. The molecule has 68 valence electrons. The van der Waals surface area contributed by atoms with E-state index in [9.17, 15) is 13.9 Å². The highest BCUT2D eigenvalue weighted by Crippen LogP contribution is 2.28. The Kier molecular flexibility index (Phi) is 1.79. The molecule has 1 aliphatic rings. The van der Waals surface area contributed by atoms with Crippen molar-refractivity contribution < 1.29 is 13.9 Å². The van der Waals surface area contributed by atoms with Gasteiger partial charge in [0.15, 0.2) is 11.6 Å². The monoisotopic (exact) mass is 182 g/mol. The molecule has 1 N–H and O–H groups in total. The maximum absolute atomic E-state index is 13.2. The highest BCUT2D eigenvalue weighted by Gasteiger charge is 2.18. The molecule has 0 saturated heterocycles. The van der Waals surface area contributed by atoms with Gasteiger partial charge in [-0.05, 0) is 30.5 Å².